The fourth-order valence-electron chi connectivity index (χ4n) is 3.76. The number of nitrogens with zero attached hydrogens (tertiary/aromatic N) is 2. The van der Waals surface area contributed by atoms with Crippen LogP contribution in [0.25, 0.3) is 0 Å². The van der Waals surface area contributed by atoms with Gasteiger partial charge >= 0.3 is 0 Å². The van der Waals surface area contributed by atoms with Crippen molar-refractivity contribution in [1.82, 2.24) is 15.1 Å². The molecule has 1 saturated heterocycles. The zero-order chi connectivity index (χ0) is 16.1. The number of likely N-dealkylation sites (N-methyl/N-ethyl adjacent to an activating group) is 1. The first-order valence-electron chi connectivity index (χ1n) is 8.98. The summed E-state index contributed by atoms with van der Waals surface area (Å²) in [4.78, 5) is 17.0. The van der Waals surface area contributed by atoms with E-state index in [4.69, 9.17) is 0 Å². The van der Waals surface area contributed by atoms with E-state index >= 15 is 0 Å². The van der Waals surface area contributed by atoms with E-state index in [0.29, 0.717) is 12.3 Å². The minimum absolute atomic E-state index is 0.213. The summed E-state index contributed by atoms with van der Waals surface area (Å²) in [5, 5.41) is 3.11. The molecule has 1 aliphatic heterocycles. The number of carbonyl (C=O) groups excluding carboxylic acids is 1. The zero-order valence-electron chi connectivity index (χ0n) is 14.3. The molecule has 1 amide bonds. The molecule has 1 aromatic rings. The van der Waals surface area contributed by atoms with E-state index in [1.165, 1.54) is 11.1 Å². The number of amides is 1. The third-order valence-electron chi connectivity index (χ3n) is 5.26. The second-order valence-electron chi connectivity index (χ2n) is 6.99. The highest BCUT2D eigenvalue weighted by Crippen LogP contribution is 2.34. The maximum atomic E-state index is 12.2. The second-order valence-corrected chi connectivity index (χ2v) is 6.99. The third-order valence-corrected chi connectivity index (χ3v) is 5.26. The van der Waals surface area contributed by atoms with Crippen molar-refractivity contribution in [2.75, 3.05) is 46.3 Å². The lowest BCUT2D eigenvalue weighted by molar-refractivity contribution is -0.121. The first-order valence-corrected chi connectivity index (χ1v) is 8.98. The maximum Gasteiger partial charge on any atom is 0.220 e. The van der Waals surface area contributed by atoms with Crippen molar-refractivity contribution in [1.29, 1.82) is 0 Å². The van der Waals surface area contributed by atoms with Crippen molar-refractivity contribution < 1.29 is 4.79 Å². The number of aryl methyl sites for hydroxylation is 1. The Balaban J connectivity index is 1.33. The van der Waals surface area contributed by atoms with E-state index in [-0.39, 0.29) is 5.91 Å². The van der Waals surface area contributed by atoms with Gasteiger partial charge in [0, 0.05) is 39.1 Å². The summed E-state index contributed by atoms with van der Waals surface area (Å²) in [5.74, 6) is 0.633. The first kappa shape index (κ1) is 16.5. The predicted molar refractivity (Wildman–Crippen MR) is 93.7 cm³/mol. The Morgan fingerprint density at radius 2 is 2.00 bits per heavy atom. The fraction of sp³-hybridized carbons (Fsp3) is 0.632. The van der Waals surface area contributed by atoms with Gasteiger partial charge in [-0.15, -0.1) is 0 Å². The van der Waals surface area contributed by atoms with Crippen LogP contribution in [0, 0.1) is 0 Å². The molecule has 4 nitrogen and oxygen atoms in total. The molecular formula is C19H29N3O. The SMILES string of the molecule is CN1CCN(CCCNC(=O)C[C@H]2CCc3ccccc32)CC1. The highest BCUT2D eigenvalue weighted by Gasteiger charge is 2.24. The van der Waals surface area contributed by atoms with Crippen LogP contribution in [0.3, 0.4) is 0 Å². The molecule has 1 fully saturated rings. The highest BCUT2D eigenvalue weighted by atomic mass is 16.1. The first-order chi connectivity index (χ1) is 11.2. The highest BCUT2D eigenvalue weighted by molar-refractivity contribution is 5.77. The lowest BCUT2D eigenvalue weighted by Crippen LogP contribution is -2.45. The quantitative estimate of drug-likeness (QED) is 0.814. The van der Waals surface area contributed by atoms with E-state index < -0.39 is 0 Å². The molecule has 2 aliphatic rings. The van der Waals surface area contributed by atoms with Gasteiger partial charge < -0.3 is 15.1 Å². The molecule has 0 unspecified atom stereocenters. The van der Waals surface area contributed by atoms with E-state index in [0.717, 1.165) is 58.5 Å². The van der Waals surface area contributed by atoms with E-state index in [2.05, 4.69) is 46.4 Å². The molecule has 126 valence electrons. The second kappa shape index (κ2) is 7.93. The van der Waals surface area contributed by atoms with Crippen LogP contribution in [0.4, 0.5) is 0 Å². The maximum absolute atomic E-state index is 12.2. The largest absolute Gasteiger partial charge is 0.356 e. The molecule has 1 atom stereocenters. The van der Waals surface area contributed by atoms with Gasteiger partial charge in [-0.25, -0.2) is 0 Å². The minimum Gasteiger partial charge on any atom is -0.356 e. The molecule has 3 rings (SSSR count). The van der Waals surface area contributed by atoms with Crippen LogP contribution in [0.2, 0.25) is 0 Å². The molecule has 0 aromatic heterocycles. The van der Waals surface area contributed by atoms with E-state index in [1.807, 2.05) is 0 Å². The van der Waals surface area contributed by atoms with Crippen LogP contribution in [0.15, 0.2) is 24.3 Å². The van der Waals surface area contributed by atoms with Crippen molar-refractivity contribution in [2.45, 2.75) is 31.6 Å². The molecular weight excluding hydrogens is 286 g/mol. The Morgan fingerprint density at radius 1 is 1.22 bits per heavy atom. The molecule has 0 spiro atoms. The Labute approximate surface area is 139 Å². The number of benzene rings is 1. The summed E-state index contributed by atoms with van der Waals surface area (Å²) in [6, 6.07) is 8.57. The average Bonchev–Trinajstić information content (AvgIpc) is 2.96. The van der Waals surface area contributed by atoms with Crippen molar-refractivity contribution in [3.8, 4) is 0 Å². The van der Waals surface area contributed by atoms with Gasteiger partial charge in [0.15, 0.2) is 0 Å². The van der Waals surface area contributed by atoms with Gasteiger partial charge in [0.25, 0.3) is 0 Å². The molecule has 0 saturated carbocycles. The summed E-state index contributed by atoms with van der Waals surface area (Å²) < 4.78 is 0. The molecule has 1 aromatic carbocycles. The number of hydrogen-bond donors (Lipinski definition) is 1. The van der Waals surface area contributed by atoms with E-state index in [9.17, 15) is 4.79 Å². The van der Waals surface area contributed by atoms with Crippen LogP contribution in [0.1, 0.15) is 36.3 Å². The lowest BCUT2D eigenvalue weighted by Gasteiger charge is -2.32. The van der Waals surface area contributed by atoms with Crippen LogP contribution in [-0.2, 0) is 11.2 Å². The molecule has 0 bridgehead atoms. The Kier molecular flexibility index (Phi) is 5.68. The van der Waals surface area contributed by atoms with Gasteiger partial charge in [-0.1, -0.05) is 24.3 Å². The third kappa shape index (κ3) is 4.55. The lowest BCUT2D eigenvalue weighted by atomic mass is 9.97. The number of nitrogens with one attached hydrogen (secondary N) is 1. The molecule has 0 radical (unpaired) electrons. The summed E-state index contributed by atoms with van der Waals surface area (Å²) >= 11 is 0. The van der Waals surface area contributed by atoms with Gasteiger partial charge in [0.1, 0.15) is 0 Å². The number of carbonyl (C=O) groups is 1. The van der Waals surface area contributed by atoms with Crippen LogP contribution in [0.5, 0.6) is 0 Å². The minimum atomic E-state index is 0.213. The monoisotopic (exact) mass is 315 g/mol. The Bertz CT molecular complexity index is 523. The Hall–Kier alpha value is -1.39. The molecule has 23 heavy (non-hydrogen) atoms. The van der Waals surface area contributed by atoms with Gasteiger partial charge in [-0.05, 0) is 49.9 Å². The topological polar surface area (TPSA) is 35.6 Å². The van der Waals surface area contributed by atoms with Crippen LogP contribution >= 0.6 is 0 Å². The van der Waals surface area contributed by atoms with Crippen molar-refractivity contribution in [3.63, 3.8) is 0 Å². The van der Waals surface area contributed by atoms with Gasteiger partial charge in [0.2, 0.25) is 5.91 Å². The number of fused-ring (bicyclic) bond motifs is 1. The molecule has 1 N–H and O–H groups in total. The number of piperazine rings is 1. The van der Waals surface area contributed by atoms with Gasteiger partial charge in [-0.2, -0.15) is 0 Å². The summed E-state index contributed by atoms with van der Waals surface area (Å²) in [6.45, 7) is 6.54. The standard InChI is InChI=1S/C19H29N3O/c1-21-11-13-22(14-12-21)10-4-9-20-19(23)15-17-8-7-16-5-2-3-6-18(16)17/h2-3,5-6,17H,4,7-15H2,1H3,(H,20,23)/t17-/m1/s1. The van der Waals surface area contributed by atoms with E-state index in [1.54, 1.807) is 0 Å². The zero-order valence-corrected chi connectivity index (χ0v) is 14.3. The summed E-state index contributed by atoms with van der Waals surface area (Å²) in [7, 11) is 2.18. The molecule has 4 heteroatoms. The predicted octanol–water partition coefficient (Wildman–Crippen LogP) is 1.86. The van der Waals surface area contributed by atoms with Crippen LogP contribution in [-0.4, -0.2) is 62.0 Å². The van der Waals surface area contributed by atoms with Crippen molar-refractivity contribution in [3.05, 3.63) is 35.4 Å². The summed E-state index contributed by atoms with van der Waals surface area (Å²) in [6.07, 6.45) is 3.94. The van der Waals surface area contributed by atoms with Gasteiger partial charge in [0.05, 0.1) is 0 Å². The summed E-state index contributed by atoms with van der Waals surface area (Å²) in [5.41, 5.74) is 2.82. The van der Waals surface area contributed by atoms with Crippen molar-refractivity contribution in [2.24, 2.45) is 0 Å². The van der Waals surface area contributed by atoms with Gasteiger partial charge in [-0.3, -0.25) is 4.79 Å². The smallest absolute Gasteiger partial charge is 0.220 e. The van der Waals surface area contributed by atoms with Crippen molar-refractivity contribution >= 4 is 5.91 Å². The van der Waals surface area contributed by atoms with Crippen LogP contribution < -0.4 is 5.32 Å². The fourth-order valence-corrected chi connectivity index (χ4v) is 3.76. The normalized spacial score (nSPS) is 22.0. The number of rotatable bonds is 6. The Morgan fingerprint density at radius 3 is 2.83 bits per heavy atom. The number of hydrogen-bond acceptors (Lipinski definition) is 3. The molecule has 1 heterocycles. The average molecular weight is 315 g/mol. The molecule has 1 aliphatic carbocycles.